The molecule has 1 fully saturated rings. The van der Waals surface area contributed by atoms with Crippen molar-refractivity contribution >= 4 is 21.5 Å². The van der Waals surface area contributed by atoms with Gasteiger partial charge in [-0.1, -0.05) is 0 Å². The van der Waals surface area contributed by atoms with E-state index in [1.165, 1.54) is 19.2 Å². The number of benzene rings is 1. The topological polar surface area (TPSA) is 72.5 Å². The molecule has 0 amide bonds. The molecule has 0 atom stereocenters. The van der Waals surface area contributed by atoms with Crippen LogP contribution >= 0.6 is 0 Å². The number of methoxy groups -OCH3 is 1. The third-order valence-electron chi connectivity index (χ3n) is 3.84. The lowest BCUT2D eigenvalue weighted by atomic mass is 10.1. The molecule has 1 aromatic rings. The maximum absolute atomic E-state index is 12.3. The smallest absolute Gasteiger partial charge is 0.337 e. The summed E-state index contributed by atoms with van der Waals surface area (Å²) < 4.78 is 29.3. The Morgan fingerprint density at radius 2 is 2.11 bits per heavy atom. The van der Waals surface area contributed by atoms with E-state index in [0.29, 0.717) is 17.8 Å². The van der Waals surface area contributed by atoms with Gasteiger partial charge >= 0.3 is 5.97 Å². The lowest BCUT2D eigenvalue weighted by Gasteiger charge is -2.10. The van der Waals surface area contributed by atoms with Crippen molar-refractivity contribution in [3.05, 3.63) is 23.8 Å². The van der Waals surface area contributed by atoms with Crippen LogP contribution in [0.5, 0.6) is 0 Å². The Balaban J connectivity index is 2.06. The molecule has 19 heavy (non-hydrogen) atoms. The molecule has 1 N–H and O–H groups in total. The number of carbonyl (C=O) groups is 1. The number of hydrogen-bond acceptors (Lipinski definition) is 5. The van der Waals surface area contributed by atoms with E-state index in [2.05, 4.69) is 10.1 Å². The normalized spacial score (nSPS) is 21.9. The molecule has 3 rings (SSSR count). The lowest BCUT2D eigenvalue weighted by Crippen LogP contribution is -2.20. The minimum atomic E-state index is -3.29. The van der Waals surface area contributed by atoms with Crippen molar-refractivity contribution in [2.75, 3.05) is 24.7 Å². The SMILES string of the molecule is COC(=O)c1ccc2c(c1)NCC1(CC1)CS2(=O)=O. The Kier molecular flexibility index (Phi) is 2.60. The first-order valence-electron chi connectivity index (χ1n) is 6.15. The number of sulfone groups is 1. The monoisotopic (exact) mass is 281 g/mol. The van der Waals surface area contributed by atoms with E-state index in [-0.39, 0.29) is 16.1 Å². The van der Waals surface area contributed by atoms with Gasteiger partial charge in [0.05, 0.1) is 29.0 Å². The van der Waals surface area contributed by atoms with E-state index in [4.69, 9.17) is 0 Å². The van der Waals surface area contributed by atoms with Crippen molar-refractivity contribution in [1.82, 2.24) is 0 Å². The van der Waals surface area contributed by atoms with E-state index in [1.807, 2.05) is 0 Å². The summed E-state index contributed by atoms with van der Waals surface area (Å²) in [4.78, 5) is 11.8. The Morgan fingerprint density at radius 1 is 1.37 bits per heavy atom. The van der Waals surface area contributed by atoms with E-state index in [0.717, 1.165) is 12.8 Å². The molecule has 0 aromatic heterocycles. The van der Waals surface area contributed by atoms with Crippen LogP contribution in [0.25, 0.3) is 0 Å². The fourth-order valence-electron chi connectivity index (χ4n) is 2.50. The number of esters is 1. The molecule has 102 valence electrons. The van der Waals surface area contributed by atoms with Gasteiger partial charge in [0.25, 0.3) is 0 Å². The molecule has 0 unspecified atom stereocenters. The summed E-state index contributed by atoms with van der Waals surface area (Å²) in [5.41, 5.74) is 0.755. The molecule has 1 aliphatic carbocycles. The summed E-state index contributed by atoms with van der Waals surface area (Å²) in [6, 6.07) is 4.54. The second-order valence-corrected chi connectivity index (χ2v) is 7.27. The van der Waals surface area contributed by atoms with Crippen LogP contribution in [-0.2, 0) is 14.6 Å². The van der Waals surface area contributed by atoms with E-state index < -0.39 is 15.8 Å². The third kappa shape index (κ3) is 2.10. The van der Waals surface area contributed by atoms with Crippen molar-refractivity contribution in [1.29, 1.82) is 0 Å². The van der Waals surface area contributed by atoms with Crippen molar-refractivity contribution in [2.24, 2.45) is 5.41 Å². The standard InChI is InChI=1S/C13H15NO4S/c1-18-12(15)9-2-3-11-10(6-9)14-7-13(4-5-13)8-19(11,16)17/h2-3,6,14H,4-5,7-8H2,1H3. The highest BCUT2D eigenvalue weighted by Gasteiger charge is 2.48. The molecule has 0 radical (unpaired) electrons. The van der Waals surface area contributed by atoms with Crippen LogP contribution in [0.1, 0.15) is 23.2 Å². The van der Waals surface area contributed by atoms with Crippen LogP contribution in [0.3, 0.4) is 0 Å². The second kappa shape index (κ2) is 3.96. The van der Waals surface area contributed by atoms with Crippen LogP contribution in [0.15, 0.2) is 23.1 Å². The first-order chi connectivity index (χ1) is 8.96. The fourth-order valence-corrected chi connectivity index (χ4v) is 4.59. The van der Waals surface area contributed by atoms with Gasteiger partial charge in [-0.3, -0.25) is 0 Å². The van der Waals surface area contributed by atoms with Gasteiger partial charge < -0.3 is 10.1 Å². The number of ether oxygens (including phenoxy) is 1. The minimum absolute atomic E-state index is 0.108. The maximum atomic E-state index is 12.3. The van der Waals surface area contributed by atoms with Gasteiger partial charge in [0.15, 0.2) is 9.84 Å². The van der Waals surface area contributed by atoms with Crippen LogP contribution in [0, 0.1) is 5.41 Å². The molecule has 6 heteroatoms. The Labute approximate surface area is 111 Å². The Morgan fingerprint density at radius 3 is 2.74 bits per heavy atom. The Hall–Kier alpha value is -1.56. The Bertz CT molecular complexity index is 647. The van der Waals surface area contributed by atoms with E-state index in [1.54, 1.807) is 6.07 Å². The van der Waals surface area contributed by atoms with Gasteiger partial charge in [0.2, 0.25) is 0 Å². The molecule has 2 aliphatic rings. The number of hydrogen-bond donors (Lipinski definition) is 1. The maximum Gasteiger partial charge on any atom is 0.337 e. The molecular formula is C13H15NO4S. The average Bonchev–Trinajstić information content (AvgIpc) is 3.15. The molecule has 1 heterocycles. The van der Waals surface area contributed by atoms with Crippen LogP contribution in [0.4, 0.5) is 5.69 Å². The summed E-state index contributed by atoms with van der Waals surface area (Å²) in [6.45, 7) is 0.643. The van der Waals surface area contributed by atoms with Crippen LogP contribution in [0.2, 0.25) is 0 Å². The van der Waals surface area contributed by atoms with Gasteiger partial charge in [-0.15, -0.1) is 0 Å². The highest BCUT2D eigenvalue weighted by molar-refractivity contribution is 7.91. The molecule has 1 aromatic carbocycles. The summed E-state index contributed by atoms with van der Waals surface area (Å²) >= 11 is 0. The molecule has 0 saturated heterocycles. The highest BCUT2D eigenvalue weighted by Crippen LogP contribution is 2.49. The van der Waals surface area contributed by atoms with Gasteiger partial charge in [-0.2, -0.15) is 0 Å². The number of fused-ring (bicyclic) bond motifs is 1. The third-order valence-corrected chi connectivity index (χ3v) is 5.86. The number of rotatable bonds is 1. The summed E-state index contributed by atoms with van der Waals surface area (Å²) in [5.74, 6) is -0.273. The largest absolute Gasteiger partial charge is 0.465 e. The molecule has 1 spiro atoms. The van der Waals surface area contributed by atoms with Gasteiger partial charge in [0, 0.05) is 12.0 Å². The predicted molar refractivity (Wildman–Crippen MR) is 70.0 cm³/mol. The molecular weight excluding hydrogens is 266 g/mol. The van der Waals surface area contributed by atoms with Gasteiger partial charge in [-0.05, 0) is 31.0 Å². The zero-order valence-electron chi connectivity index (χ0n) is 10.6. The number of nitrogens with one attached hydrogen (secondary N) is 1. The quantitative estimate of drug-likeness (QED) is 0.789. The summed E-state index contributed by atoms with van der Waals surface area (Å²) in [6.07, 6.45) is 1.88. The second-order valence-electron chi connectivity index (χ2n) is 5.32. The van der Waals surface area contributed by atoms with E-state index in [9.17, 15) is 13.2 Å². The zero-order valence-corrected chi connectivity index (χ0v) is 11.4. The molecule has 0 bridgehead atoms. The van der Waals surface area contributed by atoms with Gasteiger partial charge in [-0.25, -0.2) is 13.2 Å². The average molecular weight is 281 g/mol. The summed E-state index contributed by atoms with van der Waals surface area (Å²) in [5, 5.41) is 3.17. The van der Waals surface area contributed by atoms with Crippen molar-refractivity contribution in [3.8, 4) is 0 Å². The predicted octanol–water partition coefficient (Wildman–Crippen LogP) is 1.45. The van der Waals surface area contributed by atoms with Crippen molar-refractivity contribution in [2.45, 2.75) is 17.7 Å². The number of anilines is 1. The first kappa shape index (κ1) is 12.5. The van der Waals surface area contributed by atoms with Crippen molar-refractivity contribution < 1.29 is 17.9 Å². The molecule has 1 aliphatic heterocycles. The fraction of sp³-hybridized carbons (Fsp3) is 0.462. The lowest BCUT2D eigenvalue weighted by molar-refractivity contribution is 0.0600. The zero-order chi connectivity index (χ0) is 13.7. The van der Waals surface area contributed by atoms with Crippen LogP contribution in [-0.4, -0.2) is 33.8 Å². The summed E-state index contributed by atoms with van der Waals surface area (Å²) in [7, 11) is -1.98. The van der Waals surface area contributed by atoms with Crippen molar-refractivity contribution in [3.63, 3.8) is 0 Å². The van der Waals surface area contributed by atoms with Crippen LogP contribution < -0.4 is 5.32 Å². The van der Waals surface area contributed by atoms with E-state index >= 15 is 0 Å². The number of carbonyl (C=O) groups excluding carboxylic acids is 1. The minimum Gasteiger partial charge on any atom is -0.465 e. The first-order valence-corrected chi connectivity index (χ1v) is 7.80. The molecule has 1 saturated carbocycles. The highest BCUT2D eigenvalue weighted by atomic mass is 32.2. The molecule has 5 nitrogen and oxygen atoms in total. The van der Waals surface area contributed by atoms with Gasteiger partial charge in [0.1, 0.15) is 0 Å².